The van der Waals surface area contributed by atoms with Crippen molar-refractivity contribution < 1.29 is 9.50 Å². The number of hydrogen-bond donors (Lipinski definition) is 1. The van der Waals surface area contributed by atoms with Crippen LogP contribution in [-0.2, 0) is 6.54 Å². The number of nitrogens with zero attached hydrogens (tertiary/aromatic N) is 3. The van der Waals surface area contributed by atoms with Crippen molar-refractivity contribution in [3.63, 3.8) is 0 Å². The molecule has 0 radical (unpaired) electrons. The fourth-order valence-corrected chi connectivity index (χ4v) is 1.58. The quantitative estimate of drug-likeness (QED) is 0.649. The second-order valence-electron chi connectivity index (χ2n) is 4.04. The summed E-state index contributed by atoms with van der Waals surface area (Å²) in [4.78, 5) is 1.55. The Hall–Kier alpha value is -2.39. The van der Waals surface area contributed by atoms with E-state index in [0.29, 0.717) is 17.5 Å². The van der Waals surface area contributed by atoms with E-state index in [9.17, 15) is 4.39 Å². The molecule has 0 aliphatic rings. The maximum absolute atomic E-state index is 13.9. The smallest absolute Gasteiger partial charge is 0.128 e. The Morgan fingerprint density at radius 1 is 1.20 bits per heavy atom. The Bertz CT molecular complexity index is 574. The first-order valence-corrected chi connectivity index (χ1v) is 6.05. The summed E-state index contributed by atoms with van der Waals surface area (Å²) in [5, 5.41) is 25.9. The minimum Gasteiger partial charge on any atom is -0.395 e. The topological polar surface area (TPSA) is 71.0 Å². The maximum Gasteiger partial charge on any atom is 0.128 e. The van der Waals surface area contributed by atoms with Crippen molar-refractivity contribution in [2.24, 2.45) is 0 Å². The highest BCUT2D eigenvalue weighted by atomic mass is 19.1. The van der Waals surface area contributed by atoms with Crippen molar-refractivity contribution in [1.29, 1.82) is 10.5 Å². The van der Waals surface area contributed by atoms with Crippen LogP contribution in [0, 0.1) is 40.3 Å². The van der Waals surface area contributed by atoms with Gasteiger partial charge in [0.05, 0.1) is 31.8 Å². The standard InChI is InChI=1S/C15H14FN3O/c16-15-11-13(3-1-2-10-20)4-5-14(15)12-19(8-6-17)9-7-18/h4-5,11,20H,2,8-10,12H2. The first-order chi connectivity index (χ1) is 9.71. The van der Waals surface area contributed by atoms with Crippen LogP contribution in [0.5, 0.6) is 0 Å². The summed E-state index contributed by atoms with van der Waals surface area (Å²) in [6, 6.07) is 8.48. The molecule has 0 aromatic heterocycles. The van der Waals surface area contributed by atoms with Crippen molar-refractivity contribution in [2.45, 2.75) is 13.0 Å². The van der Waals surface area contributed by atoms with Gasteiger partial charge in [-0.2, -0.15) is 10.5 Å². The summed E-state index contributed by atoms with van der Waals surface area (Å²) in [5.74, 6) is 5.05. The van der Waals surface area contributed by atoms with Crippen molar-refractivity contribution in [3.05, 3.63) is 35.1 Å². The zero-order valence-electron chi connectivity index (χ0n) is 10.9. The molecular weight excluding hydrogens is 257 g/mol. The monoisotopic (exact) mass is 271 g/mol. The average molecular weight is 271 g/mol. The van der Waals surface area contributed by atoms with E-state index in [4.69, 9.17) is 15.6 Å². The fraction of sp³-hybridized carbons (Fsp3) is 0.333. The van der Waals surface area contributed by atoms with Gasteiger partial charge in [-0.25, -0.2) is 4.39 Å². The lowest BCUT2D eigenvalue weighted by molar-refractivity contribution is 0.305. The van der Waals surface area contributed by atoms with Gasteiger partial charge in [0.2, 0.25) is 0 Å². The number of hydrogen-bond acceptors (Lipinski definition) is 4. The van der Waals surface area contributed by atoms with Gasteiger partial charge in [-0.1, -0.05) is 17.9 Å². The Kier molecular flexibility index (Phi) is 6.79. The number of rotatable bonds is 5. The third-order valence-electron chi connectivity index (χ3n) is 2.51. The van der Waals surface area contributed by atoms with Crippen LogP contribution < -0.4 is 0 Å². The van der Waals surface area contributed by atoms with Gasteiger partial charge in [0.1, 0.15) is 5.82 Å². The second-order valence-corrected chi connectivity index (χ2v) is 4.04. The molecule has 1 aromatic rings. The molecule has 0 amide bonds. The molecule has 102 valence electrons. The third kappa shape index (κ3) is 5.08. The van der Waals surface area contributed by atoms with Crippen molar-refractivity contribution in [1.82, 2.24) is 4.90 Å². The molecule has 0 spiro atoms. The predicted octanol–water partition coefficient (Wildman–Crippen LogP) is 1.41. The summed E-state index contributed by atoms with van der Waals surface area (Å²) < 4.78 is 13.9. The average Bonchev–Trinajstić information content (AvgIpc) is 2.42. The van der Waals surface area contributed by atoms with Crippen LogP contribution in [0.25, 0.3) is 0 Å². The second kappa shape index (κ2) is 8.67. The van der Waals surface area contributed by atoms with Gasteiger partial charge in [0.15, 0.2) is 0 Å². The van der Waals surface area contributed by atoms with Crippen molar-refractivity contribution in [3.8, 4) is 24.0 Å². The van der Waals surface area contributed by atoms with Crippen molar-refractivity contribution >= 4 is 0 Å². The third-order valence-corrected chi connectivity index (χ3v) is 2.51. The van der Waals surface area contributed by atoms with Crippen LogP contribution in [0.4, 0.5) is 4.39 Å². The molecule has 0 aliphatic heterocycles. The Morgan fingerprint density at radius 2 is 1.90 bits per heavy atom. The van der Waals surface area contributed by atoms with Gasteiger partial charge in [-0.05, 0) is 12.1 Å². The molecule has 1 aromatic carbocycles. The molecule has 20 heavy (non-hydrogen) atoms. The molecule has 5 heteroatoms. The van der Waals surface area contributed by atoms with Crippen LogP contribution in [0.3, 0.4) is 0 Å². The first kappa shape index (κ1) is 15.7. The molecule has 1 rings (SSSR count). The largest absolute Gasteiger partial charge is 0.395 e. The Morgan fingerprint density at radius 3 is 2.45 bits per heavy atom. The highest BCUT2D eigenvalue weighted by Crippen LogP contribution is 2.12. The summed E-state index contributed by atoms with van der Waals surface area (Å²) in [6.45, 7) is 0.332. The lowest BCUT2D eigenvalue weighted by Crippen LogP contribution is -2.24. The van der Waals surface area contributed by atoms with Gasteiger partial charge >= 0.3 is 0 Å². The molecule has 0 saturated heterocycles. The zero-order valence-corrected chi connectivity index (χ0v) is 10.9. The van der Waals surface area contributed by atoms with E-state index in [1.807, 2.05) is 12.1 Å². The van der Waals surface area contributed by atoms with Crippen LogP contribution in [0.15, 0.2) is 18.2 Å². The van der Waals surface area contributed by atoms with E-state index in [-0.39, 0.29) is 26.2 Å². The van der Waals surface area contributed by atoms with Crippen LogP contribution >= 0.6 is 0 Å². The number of aliphatic hydroxyl groups is 1. The number of nitriles is 2. The minimum atomic E-state index is -0.415. The van der Waals surface area contributed by atoms with E-state index in [0.717, 1.165) is 0 Å². The molecule has 0 bridgehead atoms. The summed E-state index contributed by atoms with van der Waals surface area (Å²) >= 11 is 0. The van der Waals surface area contributed by atoms with Crippen LogP contribution in [0.2, 0.25) is 0 Å². The summed E-state index contributed by atoms with van der Waals surface area (Å²) in [7, 11) is 0. The SMILES string of the molecule is N#CCN(CC#N)Cc1ccc(C#CCCO)cc1F. The number of aliphatic hydroxyl groups excluding tert-OH is 1. The predicted molar refractivity (Wildman–Crippen MR) is 71.5 cm³/mol. The Balaban J connectivity index is 2.81. The molecule has 1 N–H and O–H groups in total. The van der Waals surface area contributed by atoms with Gasteiger partial charge in [0, 0.05) is 24.1 Å². The molecule has 0 heterocycles. The molecular formula is C15H14FN3O. The Labute approximate surface area is 117 Å². The van der Waals surface area contributed by atoms with E-state index < -0.39 is 5.82 Å². The van der Waals surface area contributed by atoms with E-state index in [1.54, 1.807) is 17.0 Å². The minimum absolute atomic E-state index is 0.0230. The summed E-state index contributed by atoms with van der Waals surface area (Å²) in [6.07, 6.45) is 0.349. The van der Waals surface area contributed by atoms with Gasteiger partial charge in [-0.3, -0.25) is 4.90 Å². The first-order valence-electron chi connectivity index (χ1n) is 6.05. The molecule has 0 atom stereocenters. The highest BCUT2D eigenvalue weighted by molar-refractivity contribution is 5.37. The zero-order chi connectivity index (χ0) is 14.8. The highest BCUT2D eigenvalue weighted by Gasteiger charge is 2.09. The number of benzene rings is 1. The van der Waals surface area contributed by atoms with E-state index in [1.165, 1.54) is 6.07 Å². The normalized spacial score (nSPS) is 9.45. The molecule has 0 fully saturated rings. The lowest BCUT2D eigenvalue weighted by Gasteiger charge is -2.15. The van der Waals surface area contributed by atoms with E-state index >= 15 is 0 Å². The van der Waals surface area contributed by atoms with Crippen LogP contribution in [0.1, 0.15) is 17.5 Å². The van der Waals surface area contributed by atoms with Gasteiger partial charge in [0.25, 0.3) is 0 Å². The fourth-order valence-electron chi connectivity index (χ4n) is 1.58. The molecule has 0 saturated carbocycles. The molecule has 0 unspecified atom stereocenters. The molecule has 0 aliphatic carbocycles. The van der Waals surface area contributed by atoms with Crippen molar-refractivity contribution in [2.75, 3.05) is 19.7 Å². The van der Waals surface area contributed by atoms with Gasteiger partial charge in [-0.15, -0.1) is 0 Å². The van der Waals surface area contributed by atoms with Gasteiger partial charge < -0.3 is 5.11 Å². The number of halogens is 1. The maximum atomic E-state index is 13.9. The van der Waals surface area contributed by atoms with E-state index in [2.05, 4.69) is 11.8 Å². The molecule has 4 nitrogen and oxygen atoms in total. The lowest BCUT2D eigenvalue weighted by atomic mass is 10.1. The summed E-state index contributed by atoms with van der Waals surface area (Å²) in [5.41, 5.74) is 0.954. The van der Waals surface area contributed by atoms with Crippen LogP contribution in [-0.4, -0.2) is 29.7 Å².